The molecule has 1 saturated heterocycles. The maximum absolute atomic E-state index is 11.5. The minimum Gasteiger partial charge on any atom is -0.493 e. The Bertz CT molecular complexity index is 1220. The number of rotatable bonds is 3. The Hall–Kier alpha value is -3.14. The van der Waals surface area contributed by atoms with E-state index in [0.29, 0.717) is 22.6 Å². The van der Waals surface area contributed by atoms with E-state index in [1.807, 2.05) is 6.07 Å². The lowest BCUT2D eigenvalue weighted by Gasteiger charge is -2.21. The number of anilines is 1. The normalized spacial score (nSPS) is 20.0. The number of hydrogen-bond donors (Lipinski definition) is 3. The fourth-order valence-corrected chi connectivity index (χ4v) is 3.62. The van der Waals surface area contributed by atoms with Gasteiger partial charge in [-0.05, 0) is 38.9 Å². The van der Waals surface area contributed by atoms with Crippen molar-refractivity contribution in [1.29, 1.82) is 0 Å². The first kappa shape index (κ1) is 17.9. The Morgan fingerprint density at radius 1 is 1.24 bits per heavy atom. The van der Waals surface area contributed by atoms with E-state index in [1.165, 1.54) is 0 Å². The van der Waals surface area contributed by atoms with Crippen molar-refractivity contribution in [1.82, 2.24) is 29.5 Å². The molecule has 5 rings (SSSR count). The van der Waals surface area contributed by atoms with Crippen LogP contribution in [0.3, 0.4) is 0 Å². The standard InChI is InChI=1S/C19H24N8O2/c1-25-5-2-6-26(8-7-25)15-10-16(21-13-3-4-13)27-17(23-15)12(11-20-27)9-14-18(28)24-19(29)22-14/h9-11,13,28H,2-8H2,1H3,(H2,22,24,29). The zero-order valence-electron chi connectivity index (χ0n) is 16.3. The van der Waals surface area contributed by atoms with Crippen molar-refractivity contribution in [3.05, 3.63) is 39.1 Å². The Kier molecular flexibility index (Phi) is 4.35. The molecule has 10 heteroatoms. The highest BCUT2D eigenvalue weighted by molar-refractivity contribution is 5.58. The van der Waals surface area contributed by atoms with Gasteiger partial charge in [0, 0.05) is 30.9 Å². The number of nitrogens with one attached hydrogen (secondary N) is 2. The van der Waals surface area contributed by atoms with Crippen LogP contribution in [0, 0.1) is 0 Å². The van der Waals surface area contributed by atoms with Gasteiger partial charge >= 0.3 is 5.69 Å². The van der Waals surface area contributed by atoms with Gasteiger partial charge in [-0.1, -0.05) is 0 Å². The van der Waals surface area contributed by atoms with E-state index in [9.17, 15) is 9.90 Å². The predicted octanol–water partition coefficient (Wildman–Crippen LogP) is -0.796. The summed E-state index contributed by atoms with van der Waals surface area (Å²) in [5, 5.41) is 15.1. The number of imidazole rings is 1. The van der Waals surface area contributed by atoms with Crippen molar-refractivity contribution in [3.8, 4) is 5.88 Å². The van der Waals surface area contributed by atoms with Gasteiger partial charge in [-0.3, -0.25) is 9.98 Å². The van der Waals surface area contributed by atoms with Gasteiger partial charge in [0.15, 0.2) is 11.1 Å². The van der Waals surface area contributed by atoms with Crippen LogP contribution in [0.5, 0.6) is 5.88 Å². The smallest absolute Gasteiger partial charge is 0.326 e. The lowest BCUT2D eigenvalue weighted by atomic mass is 10.3. The number of hydrogen-bond acceptors (Lipinski definition) is 7. The second kappa shape index (κ2) is 7.03. The van der Waals surface area contributed by atoms with Gasteiger partial charge in [0.1, 0.15) is 11.5 Å². The van der Waals surface area contributed by atoms with E-state index in [4.69, 9.17) is 9.98 Å². The summed E-state index contributed by atoms with van der Waals surface area (Å²) in [6.45, 7) is 3.90. The third kappa shape index (κ3) is 3.63. The van der Waals surface area contributed by atoms with Gasteiger partial charge in [0.25, 0.3) is 0 Å². The molecule has 3 aromatic heterocycles. The molecular weight excluding hydrogens is 372 g/mol. The van der Waals surface area contributed by atoms with Gasteiger partial charge in [-0.25, -0.2) is 9.78 Å². The molecule has 10 nitrogen and oxygen atoms in total. The van der Waals surface area contributed by atoms with E-state index >= 15 is 0 Å². The SMILES string of the molecule is CN1CCCN(c2cc(=NC3CC3)n3ncc(=Cc4[nH]c(=O)[nH]c4O)c3n2)CC1. The maximum atomic E-state index is 11.5. The highest BCUT2D eigenvalue weighted by Crippen LogP contribution is 2.22. The quantitative estimate of drug-likeness (QED) is 0.534. The molecule has 152 valence electrons. The average molecular weight is 396 g/mol. The van der Waals surface area contributed by atoms with Gasteiger partial charge in [-0.15, -0.1) is 0 Å². The molecule has 3 N–H and O–H groups in total. The second-order valence-electron chi connectivity index (χ2n) is 7.80. The fraction of sp³-hybridized carbons (Fsp3) is 0.474. The topological polar surface area (TPSA) is 118 Å². The molecule has 2 fully saturated rings. The van der Waals surface area contributed by atoms with Crippen molar-refractivity contribution in [2.24, 2.45) is 4.99 Å². The van der Waals surface area contributed by atoms with Gasteiger partial charge in [0.2, 0.25) is 5.88 Å². The number of likely N-dealkylation sites (N-methyl/N-ethyl adjacent to an activating group) is 1. The van der Waals surface area contributed by atoms with Crippen molar-refractivity contribution in [2.45, 2.75) is 25.3 Å². The van der Waals surface area contributed by atoms with Crippen LogP contribution in [0.4, 0.5) is 5.82 Å². The molecule has 1 aliphatic heterocycles. The third-order valence-electron chi connectivity index (χ3n) is 5.41. The molecule has 4 heterocycles. The van der Waals surface area contributed by atoms with E-state index in [-0.39, 0.29) is 5.88 Å². The summed E-state index contributed by atoms with van der Waals surface area (Å²) >= 11 is 0. The van der Waals surface area contributed by atoms with Crippen LogP contribution in [0.1, 0.15) is 25.0 Å². The molecule has 1 aliphatic carbocycles. The Labute approximate surface area is 166 Å². The van der Waals surface area contributed by atoms with Crippen LogP contribution in [0.15, 0.2) is 22.1 Å². The van der Waals surface area contributed by atoms with Crippen molar-refractivity contribution >= 4 is 17.5 Å². The number of aromatic nitrogens is 5. The van der Waals surface area contributed by atoms with Gasteiger partial charge in [0.05, 0.1) is 12.2 Å². The highest BCUT2D eigenvalue weighted by atomic mass is 16.3. The van der Waals surface area contributed by atoms with Gasteiger partial charge in [-0.2, -0.15) is 9.61 Å². The largest absolute Gasteiger partial charge is 0.493 e. The lowest BCUT2D eigenvalue weighted by molar-refractivity contribution is 0.360. The summed E-state index contributed by atoms with van der Waals surface area (Å²) in [6.07, 6.45) is 6.64. The summed E-state index contributed by atoms with van der Waals surface area (Å²) in [4.78, 5) is 30.7. The van der Waals surface area contributed by atoms with E-state index in [0.717, 1.165) is 56.7 Å². The molecule has 2 aliphatic rings. The summed E-state index contributed by atoms with van der Waals surface area (Å²) in [5.74, 6) is 0.679. The predicted molar refractivity (Wildman–Crippen MR) is 108 cm³/mol. The fourth-order valence-electron chi connectivity index (χ4n) is 3.62. The summed E-state index contributed by atoms with van der Waals surface area (Å²) in [7, 11) is 2.14. The minimum absolute atomic E-state index is 0.205. The number of H-pyrrole nitrogens is 2. The first-order valence-corrected chi connectivity index (χ1v) is 9.96. The number of aromatic hydroxyl groups is 1. The third-order valence-corrected chi connectivity index (χ3v) is 5.41. The Balaban J connectivity index is 1.67. The zero-order chi connectivity index (χ0) is 20.0. The highest BCUT2D eigenvalue weighted by Gasteiger charge is 2.21. The molecule has 0 radical (unpaired) electrons. The summed E-state index contributed by atoms with van der Waals surface area (Å²) in [6, 6.07) is 2.37. The molecule has 0 amide bonds. The Morgan fingerprint density at radius 2 is 2.10 bits per heavy atom. The van der Waals surface area contributed by atoms with Crippen molar-refractivity contribution in [3.63, 3.8) is 0 Å². The number of nitrogens with zero attached hydrogens (tertiary/aromatic N) is 6. The molecular formula is C19H24N8O2. The first-order valence-electron chi connectivity index (χ1n) is 9.96. The lowest BCUT2D eigenvalue weighted by Crippen LogP contribution is -2.31. The first-order chi connectivity index (χ1) is 14.1. The Morgan fingerprint density at radius 3 is 2.86 bits per heavy atom. The van der Waals surface area contributed by atoms with Crippen molar-refractivity contribution < 1.29 is 5.11 Å². The molecule has 0 unspecified atom stereocenters. The zero-order valence-corrected chi connectivity index (χ0v) is 16.3. The molecule has 1 saturated carbocycles. The number of fused-ring (bicyclic) bond motifs is 1. The van der Waals surface area contributed by atoms with E-state index < -0.39 is 5.69 Å². The molecule has 0 bridgehead atoms. The molecule has 0 atom stereocenters. The van der Waals surface area contributed by atoms with Crippen LogP contribution in [-0.2, 0) is 0 Å². The minimum atomic E-state index is -0.461. The molecule has 29 heavy (non-hydrogen) atoms. The van der Waals surface area contributed by atoms with Crippen LogP contribution in [-0.4, -0.2) is 73.8 Å². The van der Waals surface area contributed by atoms with Gasteiger partial charge < -0.3 is 19.9 Å². The van der Waals surface area contributed by atoms with Crippen LogP contribution >= 0.6 is 0 Å². The molecule has 0 aromatic carbocycles. The number of aromatic amines is 2. The molecule has 3 aromatic rings. The monoisotopic (exact) mass is 396 g/mol. The summed E-state index contributed by atoms with van der Waals surface area (Å²) in [5.41, 5.74) is 1.28. The molecule has 0 spiro atoms. The van der Waals surface area contributed by atoms with E-state index in [1.54, 1.807) is 16.8 Å². The van der Waals surface area contributed by atoms with E-state index in [2.05, 4.69) is 31.9 Å². The second-order valence-corrected chi connectivity index (χ2v) is 7.80. The van der Waals surface area contributed by atoms with Crippen LogP contribution < -0.4 is 21.3 Å². The average Bonchev–Trinajstić information content (AvgIpc) is 3.38. The van der Waals surface area contributed by atoms with Crippen LogP contribution in [0.2, 0.25) is 0 Å². The van der Waals surface area contributed by atoms with Crippen LogP contribution in [0.25, 0.3) is 11.7 Å². The van der Waals surface area contributed by atoms with Crippen molar-refractivity contribution in [2.75, 3.05) is 38.1 Å². The maximum Gasteiger partial charge on any atom is 0.326 e. The summed E-state index contributed by atoms with van der Waals surface area (Å²) < 4.78 is 1.74.